The molecule has 4 nitrogen and oxygen atoms in total. The highest BCUT2D eigenvalue weighted by Crippen LogP contribution is 2.31. The van der Waals surface area contributed by atoms with Crippen molar-refractivity contribution >= 4 is 17.4 Å². The van der Waals surface area contributed by atoms with Crippen LogP contribution in [0.15, 0.2) is 24.3 Å². The van der Waals surface area contributed by atoms with Crippen molar-refractivity contribution in [1.29, 1.82) is 0 Å². The van der Waals surface area contributed by atoms with Gasteiger partial charge in [-0.1, -0.05) is 20.3 Å². The molecule has 0 radical (unpaired) electrons. The second kappa shape index (κ2) is 5.96. The van der Waals surface area contributed by atoms with Crippen LogP contribution >= 0.6 is 0 Å². The zero-order chi connectivity index (χ0) is 14.8. The van der Waals surface area contributed by atoms with E-state index in [1.54, 1.807) is 4.90 Å². The number of rotatable bonds is 3. The minimum atomic E-state index is 0.00503. The number of benzene rings is 1. The van der Waals surface area contributed by atoms with E-state index in [-0.39, 0.29) is 6.03 Å². The molecule has 2 fully saturated rings. The number of carbonyl (C=O) groups excluding carboxylic acids is 1. The zero-order valence-electron chi connectivity index (χ0n) is 12.9. The summed E-state index contributed by atoms with van der Waals surface area (Å²) in [5.41, 5.74) is 2.13. The van der Waals surface area contributed by atoms with Crippen LogP contribution in [0.25, 0.3) is 0 Å². The summed E-state index contributed by atoms with van der Waals surface area (Å²) in [6, 6.07) is 8.81. The van der Waals surface area contributed by atoms with Crippen LogP contribution in [0, 0.1) is 11.8 Å². The highest BCUT2D eigenvalue weighted by molar-refractivity contribution is 5.94. The summed E-state index contributed by atoms with van der Waals surface area (Å²) in [5.74, 6) is 1.54. The number of anilines is 2. The standard InChI is InChI=1S/C17H25N3O/c1-12-3-4-13(2)16(11-12)19-14-5-7-15(8-6-14)20-10-9-18-17(20)21/h5-8,12-13,16,19H,3-4,9-11H2,1-2H3,(H,18,21). The maximum Gasteiger partial charge on any atom is 0.321 e. The van der Waals surface area contributed by atoms with Gasteiger partial charge in [-0.15, -0.1) is 0 Å². The maximum atomic E-state index is 11.7. The highest BCUT2D eigenvalue weighted by Gasteiger charge is 2.25. The van der Waals surface area contributed by atoms with Gasteiger partial charge in [0.2, 0.25) is 0 Å². The molecule has 3 rings (SSSR count). The van der Waals surface area contributed by atoms with Gasteiger partial charge in [-0.25, -0.2) is 4.79 Å². The number of nitrogens with one attached hydrogen (secondary N) is 2. The predicted octanol–water partition coefficient (Wildman–Crippen LogP) is 3.45. The van der Waals surface area contributed by atoms with Gasteiger partial charge in [0, 0.05) is 30.5 Å². The van der Waals surface area contributed by atoms with E-state index >= 15 is 0 Å². The molecule has 0 aromatic heterocycles. The van der Waals surface area contributed by atoms with Crippen molar-refractivity contribution < 1.29 is 4.79 Å². The third-order valence-corrected chi connectivity index (χ3v) is 4.85. The van der Waals surface area contributed by atoms with E-state index in [1.165, 1.54) is 19.3 Å². The first-order valence-corrected chi connectivity index (χ1v) is 8.05. The van der Waals surface area contributed by atoms with Crippen molar-refractivity contribution in [3.63, 3.8) is 0 Å². The van der Waals surface area contributed by atoms with E-state index in [9.17, 15) is 4.79 Å². The number of urea groups is 1. The third kappa shape index (κ3) is 3.14. The monoisotopic (exact) mass is 287 g/mol. The van der Waals surface area contributed by atoms with E-state index in [4.69, 9.17) is 0 Å². The maximum absolute atomic E-state index is 11.7. The van der Waals surface area contributed by atoms with Crippen LogP contribution < -0.4 is 15.5 Å². The molecule has 2 amide bonds. The minimum absolute atomic E-state index is 0.00503. The molecule has 2 aliphatic rings. The Kier molecular flexibility index (Phi) is 4.04. The lowest BCUT2D eigenvalue weighted by atomic mass is 9.80. The Morgan fingerprint density at radius 3 is 2.62 bits per heavy atom. The fraction of sp³-hybridized carbons (Fsp3) is 0.588. The minimum Gasteiger partial charge on any atom is -0.382 e. The van der Waals surface area contributed by atoms with Crippen molar-refractivity contribution in [1.82, 2.24) is 5.32 Å². The van der Waals surface area contributed by atoms with E-state index in [2.05, 4.69) is 36.6 Å². The molecule has 1 saturated heterocycles. The van der Waals surface area contributed by atoms with Crippen LogP contribution in [0.3, 0.4) is 0 Å². The average Bonchev–Trinajstić information content (AvgIpc) is 2.90. The number of carbonyl (C=O) groups is 1. The topological polar surface area (TPSA) is 44.4 Å². The lowest BCUT2D eigenvalue weighted by Gasteiger charge is -2.34. The molecule has 3 atom stereocenters. The third-order valence-electron chi connectivity index (χ3n) is 4.85. The number of amides is 2. The Morgan fingerprint density at radius 2 is 1.95 bits per heavy atom. The predicted molar refractivity (Wildman–Crippen MR) is 86.8 cm³/mol. The van der Waals surface area contributed by atoms with Crippen LogP contribution in [-0.4, -0.2) is 25.2 Å². The highest BCUT2D eigenvalue weighted by atomic mass is 16.2. The van der Waals surface area contributed by atoms with E-state index < -0.39 is 0 Å². The van der Waals surface area contributed by atoms with Crippen molar-refractivity contribution in [2.75, 3.05) is 23.3 Å². The molecule has 2 N–H and O–H groups in total. The van der Waals surface area contributed by atoms with Crippen LogP contribution in [0.1, 0.15) is 33.1 Å². The van der Waals surface area contributed by atoms with Crippen LogP contribution in [0.4, 0.5) is 16.2 Å². The molecule has 1 heterocycles. The van der Waals surface area contributed by atoms with Gasteiger partial charge in [0.15, 0.2) is 0 Å². The number of hydrogen-bond donors (Lipinski definition) is 2. The number of nitrogens with zero attached hydrogens (tertiary/aromatic N) is 1. The fourth-order valence-corrected chi connectivity index (χ4v) is 3.40. The summed E-state index contributed by atoms with van der Waals surface area (Å²) in [4.78, 5) is 13.4. The molecule has 1 aliphatic carbocycles. The van der Waals surface area contributed by atoms with E-state index in [0.29, 0.717) is 6.04 Å². The summed E-state index contributed by atoms with van der Waals surface area (Å²) in [6.45, 7) is 6.17. The molecular formula is C17H25N3O. The first kappa shape index (κ1) is 14.2. The van der Waals surface area contributed by atoms with Crippen molar-refractivity contribution in [2.24, 2.45) is 11.8 Å². The normalized spacial score (nSPS) is 29.3. The molecular weight excluding hydrogens is 262 g/mol. The van der Waals surface area contributed by atoms with Gasteiger partial charge in [0.1, 0.15) is 0 Å². The Morgan fingerprint density at radius 1 is 1.19 bits per heavy atom. The van der Waals surface area contributed by atoms with Crippen LogP contribution in [-0.2, 0) is 0 Å². The summed E-state index contributed by atoms with van der Waals surface area (Å²) >= 11 is 0. The molecule has 0 spiro atoms. The molecule has 1 saturated carbocycles. The first-order chi connectivity index (χ1) is 10.1. The second-order valence-electron chi connectivity index (χ2n) is 6.58. The fourth-order valence-electron chi connectivity index (χ4n) is 3.40. The Bertz CT molecular complexity index is 499. The van der Waals surface area contributed by atoms with Gasteiger partial charge < -0.3 is 10.6 Å². The van der Waals surface area contributed by atoms with Crippen molar-refractivity contribution in [3.05, 3.63) is 24.3 Å². The molecule has 114 valence electrons. The summed E-state index contributed by atoms with van der Waals surface area (Å²) in [5, 5.41) is 6.50. The van der Waals surface area contributed by atoms with Crippen LogP contribution in [0.5, 0.6) is 0 Å². The van der Waals surface area contributed by atoms with Gasteiger partial charge in [0.25, 0.3) is 0 Å². The molecule has 4 heteroatoms. The smallest absolute Gasteiger partial charge is 0.321 e. The lowest BCUT2D eigenvalue weighted by Crippen LogP contribution is -2.33. The quantitative estimate of drug-likeness (QED) is 0.894. The first-order valence-electron chi connectivity index (χ1n) is 8.05. The molecule has 1 aliphatic heterocycles. The van der Waals surface area contributed by atoms with Gasteiger partial charge in [-0.3, -0.25) is 4.90 Å². The summed E-state index contributed by atoms with van der Waals surface area (Å²) in [6.07, 6.45) is 3.91. The van der Waals surface area contributed by atoms with Crippen LogP contribution in [0.2, 0.25) is 0 Å². The van der Waals surface area contributed by atoms with Gasteiger partial charge >= 0.3 is 6.03 Å². The second-order valence-corrected chi connectivity index (χ2v) is 6.58. The summed E-state index contributed by atoms with van der Waals surface area (Å²) < 4.78 is 0. The van der Waals surface area contributed by atoms with Gasteiger partial charge in [-0.2, -0.15) is 0 Å². The molecule has 21 heavy (non-hydrogen) atoms. The number of hydrogen-bond acceptors (Lipinski definition) is 2. The molecule has 0 bridgehead atoms. The molecule has 1 aromatic rings. The Labute approximate surface area is 126 Å². The van der Waals surface area contributed by atoms with E-state index in [0.717, 1.165) is 36.3 Å². The van der Waals surface area contributed by atoms with E-state index in [1.807, 2.05) is 12.1 Å². The summed E-state index contributed by atoms with van der Waals surface area (Å²) in [7, 11) is 0. The SMILES string of the molecule is CC1CCC(C)C(Nc2ccc(N3CCNC3=O)cc2)C1. The molecule has 1 aromatic carbocycles. The Hall–Kier alpha value is -1.71. The van der Waals surface area contributed by atoms with Gasteiger partial charge in [0.05, 0.1) is 0 Å². The van der Waals surface area contributed by atoms with Gasteiger partial charge in [-0.05, 0) is 48.9 Å². The average molecular weight is 287 g/mol. The molecule has 3 unspecified atom stereocenters. The van der Waals surface area contributed by atoms with Crippen molar-refractivity contribution in [2.45, 2.75) is 39.2 Å². The lowest BCUT2D eigenvalue weighted by molar-refractivity contribution is 0.252. The zero-order valence-corrected chi connectivity index (χ0v) is 12.9. The largest absolute Gasteiger partial charge is 0.382 e. The Balaban J connectivity index is 1.65. The van der Waals surface area contributed by atoms with Crippen molar-refractivity contribution in [3.8, 4) is 0 Å².